The number of benzene rings is 1. The Labute approximate surface area is 114 Å². The van der Waals surface area contributed by atoms with Gasteiger partial charge in [0.2, 0.25) is 0 Å². The minimum Gasteiger partial charge on any atom is -0.457 e. The topological polar surface area (TPSA) is 39.2 Å². The van der Waals surface area contributed by atoms with Crippen LogP contribution in [0.25, 0.3) is 10.9 Å². The molecule has 0 atom stereocenters. The molecule has 3 rings (SSSR count). The van der Waals surface area contributed by atoms with Crippen molar-refractivity contribution in [1.29, 1.82) is 0 Å². The van der Waals surface area contributed by atoms with Crippen LogP contribution in [0.5, 0.6) is 0 Å². The van der Waals surface area contributed by atoms with Crippen LogP contribution >= 0.6 is 11.3 Å². The molecule has 94 valence electrons. The third kappa shape index (κ3) is 2.48. The molecule has 0 saturated carbocycles. The highest BCUT2D eigenvalue weighted by atomic mass is 32.1. The molecule has 0 aliphatic carbocycles. The van der Waals surface area contributed by atoms with E-state index in [-0.39, 0.29) is 12.6 Å². The predicted octanol–water partition coefficient (Wildman–Crippen LogP) is 3.65. The normalized spacial score (nSPS) is 10.5. The van der Waals surface area contributed by atoms with Crippen molar-refractivity contribution in [3.8, 4) is 0 Å². The van der Waals surface area contributed by atoms with Gasteiger partial charge in [0.1, 0.15) is 11.5 Å². The van der Waals surface area contributed by atoms with E-state index in [2.05, 4.69) is 4.98 Å². The maximum Gasteiger partial charge on any atom is 0.348 e. The maximum absolute atomic E-state index is 11.8. The summed E-state index contributed by atoms with van der Waals surface area (Å²) in [5.74, 6) is -0.289. The van der Waals surface area contributed by atoms with Crippen LogP contribution in [0.3, 0.4) is 0 Å². The van der Waals surface area contributed by atoms with E-state index in [0.717, 1.165) is 16.5 Å². The first-order valence-electron chi connectivity index (χ1n) is 5.88. The Kier molecular flexibility index (Phi) is 3.25. The van der Waals surface area contributed by atoms with Gasteiger partial charge in [-0.3, -0.25) is 4.98 Å². The molecule has 0 aliphatic heterocycles. The van der Waals surface area contributed by atoms with E-state index < -0.39 is 0 Å². The summed E-state index contributed by atoms with van der Waals surface area (Å²) in [6, 6.07) is 13.3. The molecule has 1 aromatic carbocycles. The number of esters is 1. The van der Waals surface area contributed by atoms with Gasteiger partial charge in [-0.2, -0.15) is 0 Å². The van der Waals surface area contributed by atoms with Gasteiger partial charge in [0, 0.05) is 17.1 Å². The Bertz CT molecular complexity index is 702. The zero-order valence-electron chi connectivity index (χ0n) is 10.1. The molecule has 0 saturated heterocycles. The lowest BCUT2D eigenvalue weighted by atomic mass is 10.1. The molecule has 4 heteroatoms. The van der Waals surface area contributed by atoms with E-state index in [1.165, 1.54) is 11.3 Å². The van der Waals surface area contributed by atoms with Gasteiger partial charge in [0.05, 0.1) is 5.52 Å². The van der Waals surface area contributed by atoms with Crippen molar-refractivity contribution in [3.05, 3.63) is 64.5 Å². The number of fused-ring (bicyclic) bond motifs is 1. The number of rotatable bonds is 3. The first kappa shape index (κ1) is 11.9. The lowest BCUT2D eigenvalue weighted by molar-refractivity contribution is 0.0480. The maximum atomic E-state index is 11.8. The number of carbonyl (C=O) groups is 1. The number of hydrogen-bond acceptors (Lipinski definition) is 4. The van der Waals surface area contributed by atoms with Gasteiger partial charge in [-0.15, -0.1) is 11.3 Å². The van der Waals surface area contributed by atoms with Crippen LogP contribution in [0, 0.1) is 0 Å². The summed E-state index contributed by atoms with van der Waals surface area (Å²) in [6.45, 7) is 0.241. The average molecular weight is 269 g/mol. The Hall–Kier alpha value is -2.20. The van der Waals surface area contributed by atoms with Crippen molar-refractivity contribution >= 4 is 28.2 Å². The number of para-hydroxylation sites is 1. The van der Waals surface area contributed by atoms with Gasteiger partial charge in [-0.1, -0.05) is 30.3 Å². The van der Waals surface area contributed by atoms with Crippen molar-refractivity contribution in [2.75, 3.05) is 0 Å². The zero-order valence-corrected chi connectivity index (χ0v) is 10.9. The molecule has 0 fully saturated rings. The summed E-state index contributed by atoms with van der Waals surface area (Å²) in [5, 5.41) is 2.91. The first-order valence-corrected chi connectivity index (χ1v) is 6.76. The summed E-state index contributed by atoms with van der Waals surface area (Å²) in [5.41, 5.74) is 1.80. The number of ether oxygens (including phenoxy) is 1. The van der Waals surface area contributed by atoms with Crippen molar-refractivity contribution in [2.45, 2.75) is 6.61 Å². The molecule has 0 amide bonds. The second kappa shape index (κ2) is 5.20. The minimum atomic E-state index is -0.289. The predicted molar refractivity (Wildman–Crippen MR) is 75.2 cm³/mol. The summed E-state index contributed by atoms with van der Waals surface area (Å²) >= 11 is 1.38. The number of hydrogen-bond donors (Lipinski definition) is 0. The second-order valence-corrected chi connectivity index (χ2v) is 4.99. The SMILES string of the molecule is O=C(OCc1cccc2cccnc12)c1cccs1. The molecule has 2 aromatic heterocycles. The molecule has 0 bridgehead atoms. The van der Waals surface area contributed by atoms with Crippen LogP contribution in [-0.2, 0) is 11.3 Å². The summed E-state index contributed by atoms with van der Waals surface area (Å²) in [6.07, 6.45) is 1.74. The van der Waals surface area contributed by atoms with E-state index >= 15 is 0 Å². The fourth-order valence-electron chi connectivity index (χ4n) is 1.89. The second-order valence-electron chi connectivity index (χ2n) is 4.05. The van der Waals surface area contributed by atoms with Gasteiger partial charge in [0.25, 0.3) is 0 Å². The molecule has 0 spiro atoms. The molecular weight excluding hydrogens is 258 g/mol. The first-order chi connectivity index (χ1) is 9.34. The van der Waals surface area contributed by atoms with Gasteiger partial charge in [-0.05, 0) is 17.5 Å². The van der Waals surface area contributed by atoms with Gasteiger partial charge in [-0.25, -0.2) is 4.79 Å². The third-order valence-corrected chi connectivity index (χ3v) is 3.65. The number of thiophene rings is 1. The molecular formula is C15H11NO2S. The van der Waals surface area contributed by atoms with Crippen LogP contribution in [0.4, 0.5) is 0 Å². The summed E-state index contributed by atoms with van der Waals surface area (Å²) in [7, 11) is 0. The minimum absolute atomic E-state index is 0.241. The van der Waals surface area contributed by atoms with E-state index in [1.54, 1.807) is 12.3 Å². The Morgan fingerprint density at radius 3 is 2.89 bits per heavy atom. The number of carbonyl (C=O) groups excluding carboxylic acids is 1. The molecule has 0 unspecified atom stereocenters. The van der Waals surface area contributed by atoms with Crippen LogP contribution in [0.2, 0.25) is 0 Å². The average Bonchev–Trinajstić information content (AvgIpc) is 2.99. The quantitative estimate of drug-likeness (QED) is 0.681. The van der Waals surface area contributed by atoms with Crippen LogP contribution in [0.15, 0.2) is 54.0 Å². The molecule has 3 nitrogen and oxygen atoms in total. The van der Waals surface area contributed by atoms with Crippen molar-refractivity contribution < 1.29 is 9.53 Å². The molecule has 0 aliphatic rings. The fraction of sp³-hybridized carbons (Fsp3) is 0.0667. The lowest BCUT2D eigenvalue weighted by Crippen LogP contribution is -2.03. The highest BCUT2D eigenvalue weighted by Gasteiger charge is 2.09. The number of pyridine rings is 1. The van der Waals surface area contributed by atoms with Crippen LogP contribution < -0.4 is 0 Å². The lowest BCUT2D eigenvalue weighted by Gasteiger charge is -2.06. The highest BCUT2D eigenvalue weighted by molar-refractivity contribution is 7.11. The van der Waals surface area contributed by atoms with Gasteiger partial charge >= 0.3 is 5.97 Å². The van der Waals surface area contributed by atoms with E-state index in [9.17, 15) is 4.79 Å². The Balaban J connectivity index is 1.81. The van der Waals surface area contributed by atoms with Gasteiger partial charge in [0.15, 0.2) is 0 Å². The summed E-state index contributed by atoms with van der Waals surface area (Å²) in [4.78, 5) is 16.7. The monoisotopic (exact) mass is 269 g/mol. The molecule has 0 radical (unpaired) electrons. The molecule has 19 heavy (non-hydrogen) atoms. The fourth-order valence-corrected chi connectivity index (χ4v) is 2.51. The van der Waals surface area contributed by atoms with E-state index in [0.29, 0.717) is 4.88 Å². The summed E-state index contributed by atoms with van der Waals surface area (Å²) < 4.78 is 5.31. The zero-order chi connectivity index (χ0) is 13.1. The van der Waals surface area contributed by atoms with Crippen molar-refractivity contribution in [3.63, 3.8) is 0 Å². The third-order valence-electron chi connectivity index (χ3n) is 2.80. The Morgan fingerprint density at radius 2 is 2.05 bits per heavy atom. The standard InChI is InChI=1S/C15H11NO2S/c17-15(13-7-3-9-19-13)18-10-12-5-1-4-11-6-2-8-16-14(11)12/h1-9H,10H2. The molecule has 3 aromatic rings. The number of aromatic nitrogens is 1. The van der Waals surface area contributed by atoms with Crippen LogP contribution in [0.1, 0.15) is 15.2 Å². The van der Waals surface area contributed by atoms with Crippen LogP contribution in [-0.4, -0.2) is 11.0 Å². The number of nitrogens with zero attached hydrogens (tertiary/aromatic N) is 1. The molecule has 0 N–H and O–H groups in total. The Morgan fingerprint density at radius 1 is 1.16 bits per heavy atom. The van der Waals surface area contributed by atoms with E-state index in [1.807, 2.05) is 41.8 Å². The smallest absolute Gasteiger partial charge is 0.348 e. The van der Waals surface area contributed by atoms with Crippen molar-refractivity contribution in [2.24, 2.45) is 0 Å². The van der Waals surface area contributed by atoms with Gasteiger partial charge < -0.3 is 4.74 Å². The largest absolute Gasteiger partial charge is 0.457 e. The van der Waals surface area contributed by atoms with E-state index in [4.69, 9.17) is 4.74 Å². The van der Waals surface area contributed by atoms with Crippen molar-refractivity contribution in [1.82, 2.24) is 4.98 Å². The molecule has 2 heterocycles. The highest BCUT2D eigenvalue weighted by Crippen LogP contribution is 2.18.